The number of carbonyl (C=O) groups excluding carboxylic acids is 1. The molecule has 1 unspecified atom stereocenters. The fraction of sp³-hybridized carbons (Fsp3) is 0.217. The van der Waals surface area contributed by atoms with Crippen LogP contribution in [0, 0.1) is 0 Å². The molecule has 0 saturated carbocycles. The molecule has 0 bridgehead atoms. The lowest BCUT2D eigenvalue weighted by Crippen LogP contribution is -2.21. The lowest BCUT2D eigenvalue weighted by atomic mass is 10.0. The molecule has 0 spiro atoms. The summed E-state index contributed by atoms with van der Waals surface area (Å²) in [5.74, 6) is 0.342. The topological polar surface area (TPSA) is 57.3 Å². The molecule has 0 aliphatic heterocycles. The number of nitrogens with one attached hydrogen (secondary N) is 2. The van der Waals surface area contributed by atoms with Crippen LogP contribution >= 0.6 is 15.9 Å². The lowest BCUT2D eigenvalue weighted by molar-refractivity contribution is 0.102. The van der Waals surface area contributed by atoms with E-state index in [4.69, 9.17) is 0 Å². The van der Waals surface area contributed by atoms with Gasteiger partial charge in [0.15, 0.2) is 5.82 Å². The van der Waals surface area contributed by atoms with Crippen molar-refractivity contribution in [2.45, 2.75) is 12.5 Å². The molecule has 2 aromatic carbocycles. The van der Waals surface area contributed by atoms with Gasteiger partial charge < -0.3 is 15.5 Å². The molecule has 29 heavy (non-hydrogen) atoms. The first-order valence-electron chi connectivity index (χ1n) is 9.51. The summed E-state index contributed by atoms with van der Waals surface area (Å²) in [6.45, 7) is 0.930. The predicted octanol–water partition coefficient (Wildman–Crippen LogP) is 5.20. The third-order valence-corrected chi connectivity index (χ3v) is 5.07. The number of hydrogen-bond donors (Lipinski definition) is 2. The van der Waals surface area contributed by atoms with Crippen LogP contribution in [0.5, 0.6) is 0 Å². The molecule has 1 aromatic heterocycles. The van der Waals surface area contributed by atoms with Gasteiger partial charge in [-0.15, -0.1) is 0 Å². The summed E-state index contributed by atoms with van der Waals surface area (Å²) in [7, 11) is 4.13. The first-order valence-corrected chi connectivity index (χ1v) is 10.3. The van der Waals surface area contributed by atoms with Crippen molar-refractivity contribution < 1.29 is 4.79 Å². The normalized spacial score (nSPS) is 11.9. The average Bonchev–Trinajstić information content (AvgIpc) is 2.73. The van der Waals surface area contributed by atoms with E-state index >= 15 is 0 Å². The molecule has 2 N–H and O–H groups in total. The van der Waals surface area contributed by atoms with Gasteiger partial charge in [-0.25, -0.2) is 4.98 Å². The standard InChI is InChI=1S/C23H25BrN4O/c1-28(2)16-14-20(17-10-12-19(24)13-11-17)26-21-9-6-15-25-22(21)27-23(29)18-7-4-3-5-8-18/h3-13,15,20,26H,14,16H2,1-2H3,(H,25,27,29). The van der Waals surface area contributed by atoms with Gasteiger partial charge in [-0.05, 0) is 69.0 Å². The van der Waals surface area contributed by atoms with Gasteiger partial charge in [0.25, 0.3) is 5.91 Å². The summed E-state index contributed by atoms with van der Waals surface area (Å²) in [6, 6.07) is 21.3. The zero-order chi connectivity index (χ0) is 20.6. The first kappa shape index (κ1) is 21.0. The zero-order valence-corrected chi connectivity index (χ0v) is 18.2. The van der Waals surface area contributed by atoms with Gasteiger partial charge in [0.1, 0.15) is 0 Å². The van der Waals surface area contributed by atoms with Crippen LogP contribution in [0.15, 0.2) is 77.4 Å². The second kappa shape index (κ2) is 10.2. The third kappa shape index (κ3) is 6.14. The van der Waals surface area contributed by atoms with Crippen molar-refractivity contribution in [1.29, 1.82) is 0 Å². The summed E-state index contributed by atoms with van der Waals surface area (Å²) >= 11 is 3.50. The Balaban J connectivity index is 1.82. The minimum atomic E-state index is -0.180. The van der Waals surface area contributed by atoms with E-state index in [-0.39, 0.29) is 11.9 Å². The van der Waals surface area contributed by atoms with Gasteiger partial charge in [-0.2, -0.15) is 0 Å². The number of rotatable bonds is 8. The van der Waals surface area contributed by atoms with E-state index in [1.165, 1.54) is 5.56 Å². The fourth-order valence-corrected chi connectivity index (χ4v) is 3.25. The maximum Gasteiger partial charge on any atom is 0.256 e. The van der Waals surface area contributed by atoms with Crippen LogP contribution in [-0.2, 0) is 0 Å². The Morgan fingerprint density at radius 3 is 2.45 bits per heavy atom. The highest BCUT2D eigenvalue weighted by atomic mass is 79.9. The molecule has 3 aromatic rings. The van der Waals surface area contributed by atoms with E-state index in [2.05, 4.69) is 62.7 Å². The molecular formula is C23H25BrN4O. The summed E-state index contributed by atoms with van der Waals surface area (Å²) in [6.07, 6.45) is 2.59. The molecule has 0 fully saturated rings. The second-order valence-electron chi connectivity index (χ2n) is 7.06. The van der Waals surface area contributed by atoms with Crippen molar-refractivity contribution in [1.82, 2.24) is 9.88 Å². The number of nitrogens with zero attached hydrogens (tertiary/aromatic N) is 2. The summed E-state index contributed by atoms with van der Waals surface area (Å²) < 4.78 is 1.05. The van der Waals surface area contributed by atoms with Crippen LogP contribution in [0.2, 0.25) is 0 Å². The molecular weight excluding hydrogens is 428 g/mol. The smallest absolute Gasteiger partial charge is 0.256 e. The van der Waals surface area contributed by atoms with Gasteiger partial charge in [0.2, 0.25) is 0 Å². The molecule has 0 radical (unpaired) electrons. The number of anilines is 2. The minimum absolute atomic E-state index is 0.0853. The van der Waals surface area contributed by atoms with Crippen LogP contribution in [0.4, 0.5) is 11.5 Å². The van der Waals surface area contributed by atoms with Crippen molar-refractivity contribution in [2.75, 3.05) is 31.3 Å². The summed E-state index contributed by atoms with van der Waals surface area (Å²) in [5.41, 5.74) is 2.57. The van der Waals surface area contributed by atoms with Crippen LogP contribution in [-0.4, -0.2) is 36.4 Å². The summed E-state index contributed by atoms with van der Waals surface area (Å²) in [4.78, 5) is 19.1. The molecule has 1 amide bonds. The molecule has 5 nitrogen and oxygen atoms in total. The van der Waals surface area contributed by atoms with E-state index in [0.29, 0.717) is 11.4 Å². The van der Waals surface area contributed by atoms with Crippen molar-refractivity contribution in [3.05, 3.63) is 88.5 Å². The number of benzene rings is 2. The largest absolute Gasteiger partial charge is 0.375 e. The number of halogens is 1. The van der Waals surface area contributed by atoms with Gasteiger partial charge in [-0.1, -0.05) is 46.3 Å². The molecule has 0 saturated heterocycles. The van der Waals surface area contributed by atoms with Gasteiger partial charge in [0.05, 0.1) is 11.7 Å². The monoisotopic (exact) mass is 452 g/mol. The molecule has 150 valence electrons. The second-order valence-corrected chi connectivity index (χ2v) is 7.98. The number of carbonyl (C=O) groups is 1. The molecule has 0 aliphatic carbocycles. The average molecular weight is 453 g/mol. The van der Waals surface area contributed by atoms with Crippen LogP contribution < -0.4 is 10.6 Å². The Labute approximate surface area is 180 Å². The molecule has 1 atom stereocenters. The predicted molar refractivity (Wildman–Crippen MR) is 122 cm³/mol. The van der Waals surface area contributed by atoms with E-state index in [1.807, 2.05) is 42.5 Å². The quantitative estimate of drug-likeness (QED) is 0.492. The van der Waals surface area contributed by atoms with Gasteiger partial charge in [-0.3, -0.25) is 4.79 Å². The van der Waals surface area contributed by atoms with Crippen molar-refractivity contribution in [3.63, 3.8) is 0 Å². The molecule has 0 aliphatic rings. The van der Waals surface area contributed by atoms with Crippen LogP contribution in [0.25, 0.3) is 0 Å². The number of hydrogen-bond acceptors (Lipinski definition) is 4. The van der Waals surface area contributed by atoms with Crippen LogP contribution in [0.1, 0.15) is 28.4 Å². The highest BCUT2D eigenvalue weighted by molar-refractivity contribution is 9.10. The first-order chi connectivity index (χ1) is 14.0. The molecule has 1 heterocycles. The van der Waals surface area contributed by atoms with Gasteiger partial charge in [0, 0.05) is 16.2 Å². The van der Waals surface area contributed by atoms with Crippen molar-refractivity contribution in [2.24, 2.45) is 0 Å². The van der Waals surface area contributed by atoms with Crippen molar-refractivity contribution >= 4 is 33.3 Å². The van der Waals surface area contributed by atoms with Crippen molar-refractivity contribution in [3.8, 4) is 0 Å². The van der Waals surface area contributed by atoms with E-state index in [1.54, 1.807) is 18.3 Å². The third-order valence-electron chi connectivity index (χ3n) is 4.54. The summed E-state index contributed by atoms with van der Waals surface area (Å²) in [5, 5.41) is 6.50. The Morgan fingerprint density at radius 2 is 1.76 bits per heavy atom. The van der Waals surface area contributed by atoms with E-state index in [9.17, 15) is 4.79 Å². The molecule has 3 rings (SSSR count). The maximum absolute atomic E-state index is 12.6. The SMILES string of the molecule is CN(C)CCC(Nc1cccnc1NC(=O)c1ccccc1)c1ccc(Br)cc1. The zero-order valence-electron chi connectivity index (χ0n) is 16.6. The van der Waals surface area contributed by atoms with Crippen LogP contribution in [0.3, 0.4) is 0 Å². The Kier molecular flexibility index (Phi) is 7.38. The Morgan fingerprint density at radius 1 is 1.03 bits per heavy atom. The number of pyridine rings is 1. The maximum atomic E-state index is 12.6. The highest BCUT2D eigenvalue weighted by Crippen LogP contribution is 2.28. The lowest BCUT2D eigenvalue weighted by Gasteiger charge is -2.23. The fourth-order valence-electron chi connectivity index (χ4n) is 2.98. The van der Waals surface area contributed by atoms with E-state index in [0.717, 1.165) is 23.1 Å². The Hall–Kier alpha value is -2.70. The van der Waals surface area contributed by atoms with E-state index < -0.39 is 0 Å². The molecule has 6 heteroatoms. The van der Waals surface area contributed by atoms with Gasteiger partial charge >= 0.3 is 0 Å². The Bertz CT molecular complexity index is 929. The number of amides is 1. The number of aromatic nitrogens is 1. The minimum Gasteiger partial charge on any atom is -0.375 e. The highest BCUT2D eigenvalue weighted by Gasteiger charge is 2.16.